The molecule has 2 aromatic carbocycles. The maximum Gasteiger partial charge on any atom is 0.253 e. The monoisotopic (exact) mass is 310 g/mol. The number of nitrogens with one attached hydrogen (secondary N) is 1. The number of hydrogen-bond acceptors (Lipinski definition) is 3. The highest BCUT2D eigenvalue weighted by atomic mass is 16.5. The van der Waals surface area contributed by atoms with Crippen molar-refractivity contribution in [1.82, 2.24) is 5.32 Å². The van der Waals surface area contributed by atoms with E-state index in [1.807, 2.05) is 48.5 Å². The first-order valence-electron chi connectivity index (χ1n) is 7.54. The van der Waals surface area contributed by atoms with Crippen molar-refractivity contribution in [3.63, 3.8) is 0 Å². The van der Waals surface area contributed by atoms with Crippen molar-refractivity contribution in [2.24, 2.45) is 0 Å². The van der Waals surface area contributed by atoms with E-state index in [0.29, 0.717) is 18.7 Å². The van der Waals surface area contributed by atoms with Crippen LogP contribution in [-0.2, 0) is 9.53 Å². The van der Waals surface area contributed by atoms with Crippen molar-refractivity contribution in [2.45, 2.75) is 6.10 Å². The second-order valence-corrected chi connectivity index (χ2v) is 5.35. The summed E-state index contributed by atoms with van der Waals surface area (Å²) in [4.78, 5) is 25.8. The van der Waals surface area contributed by atoms with Crippen LogP contribution in [0.15, 0.2) is 60.7 Å². The maximum atomic E-state index is 12.1. The molecule has 0 bridgehead atoms. The molecule has 1 heterocycles. The van der Waals surface area contributed by atoms with E-state index in [9.17, 15) is 9.59 Å². The molecule has 0 saturated carbocycles. The molecule has 1 fully saturated rings. The van der Waals surface area contributed by atoms with Crippen LogP contribution in [0.25, 0.3) is 0 Å². The van der Waals surface area contributed by atoms with Crippen LogP contribution in [0.5, 0.6) is 0 Å². The molecule has 0 aromatic heterocycles. The summed E-state index contributed by atoms with van der Waals surface area (Å²) in [6.07, 6.45) is -0.222. The molecule has 1 aliphatic heterocycles. The average molecular weight is 310 g/mol. The number of ether oxygens (including phenoxy) is 1. The van der Waals surface area contributed by atoms with E-state index in [1.165, 1.54) is 0 Å². The summed E-state index contributed by atoms with van der Waals surface area (Å²) in [5.74, 6) is -0.209. The Morgan fingerprint density at radius 3 is 2.43 bits per heavy atom. The van der Waals surface area contributed by atoms with E-state index < -0.39 is 0 Å². The molecule has 5 nitrogen and oxygen atoms in total. The van der Waals surface area contributed by atoms with Crippen LogP contribution >= 0.6 is 0 Å². The number of rotatable bonds is 4. The number of morpholine rings is 1. The van der Waals surface area contributed by atoms with Gasteiger partial charge in [0.2, 0.25) is 0 Å². The third kappa shape index (κ3) is 3.76. The van der Waals surface area contributed by atoms with Crippen LogP contribution in [-0.4, -0.2) is 37.6 Å². The fourth-order valence-electron chi connectivity index (χ4n) is 2.50. The van der Waals surface area contributed by atoms with Gasteiger partial charge in [0.1, 0.15) is 6.61 Å². The Bertz CT molecular complexity index is 673. The first-order chi connectivity index (χ1) is 11.2. The van der Waals surface area contributed by atoms with Gasteiger partial charge >= 0.3 is 0 Å². The number of amides is 2. The van der Waals surface area contributed by atoms with Crippen molar-refractivity contribution in [3.05, 3.63) is 66.2 Å². The normalized spacial score (nSPS) is 17.8. The van der Waals surface area contributed by atoms with Gasteiger partial charge in [0.05, 0.1) is 12.6 Å². The lowest BCUT2D eigenvalue weighted by Gasteiger charge is -2.32. The van der Waals surface area contributed by atoms with Crippen LogP contribution in [0.4, 0.5) is 5.69 Å². The lowest BCUT2D eigenvalue weighted by atomic mass is 10.2. The van der Waals surface area contributed by atoms with Gasteiger partial charge in [-0.15, -0.1) is 0 Å². The van der Waals surface area contributed by atoms with Crippen molar-refractivity contribution in [2.75, 3.05) is 24.6 Å². The van der Waals surface area contributed by atoms with Crippen LogP contribution in [0, 0.1) is 0 Å². The molecule has 0 aliphatic carbocycles. The largest absolute Gasteiger partial charge is 0.365 e. The van der Waals surface area contributed by atoms with E-state index in [2.05, 4.69) is 5.32 Å². The Kier molecular flexibility index (Phi) is 4.68. The second-order valence-electron chi connectivity index (χ2n) is 5.35. The Hall–Kier alpha value is -2.66. The van der Waals surface area contributed by atoms with Crippen molar-refractivity contribution in [3.8, 4) is 0 Å². The molecular formula is C18H18N2O3. The second kappa shape index (κ2) is 7.07. The van der Waals surface area contributed by atoms with Gasteiger partial charge in [0.25, 0.3) is 11.8 Å². The van der Waals surface area contributed by atoms with Crippen molar-refractivity contribution < 1.29 is 14.3 Å². The Morgan fingerprint density at radius 1 is 1.09 bits per heavy atom. The smallest absolute Gasteiger partial charge is 0.253 e. The van der Waals surface area contributed by atoms with E-state index in [1.54, 1.807) is 17.0 Å². The third-order valence-corrected chi connectivity index (χ3v) is 3.72. The molecule has 1 atom stereocenters. The van der Waals surface area contributed by atoms with Crippen LogP contribution in [0.1, 0.15) is 10.4 Å². The highest BCUT2D eigenvalue weighted by Crippen LogP contribution is 2.17. The Labute approximate surface area is 134 Å². The molecular weight excluding hydrogens is 292 g/mol. The first kappa shape index (κ1) is 15.2. The lowest BCUT2D eigenvalue weighted by molar-refractivity contribution is -0.129. The van der Waals surface area contributed by atoms with Gasteiger partial charge in [0, 0.05) is 17.8 Å². The molecule has 1 N–H and O–H groups in total. The topological polar surface area (TPSA) is 58.6 Å². The summed E-state index contributed by atoms with van der Waals surface area (Å²) in [5, 5.41) is 2.85. The van der Waals surface area contributed by atoms with E-state index in [-0.39, 0.29) is 24.5 Å². The molecule has 2 amide bonds. The zero-order chi connectivity index (χ0) is 16.1. The van der Waals surface area contributed by atoms with Crippen LogP contribution in [0.3, 0.4) is 0 Å². The lowest BCUT2D eigenvalue weighted by Crippen LogP contribution is -2.50. The number of carbonyl (C=O) groups is 2. The molecule has 23 heavy (non-hydrogen) atoms. The third-order valence-electron chi connectivity index (χ3n) is 3.72. The van der Waals surface area contributed by atoms with Gasteiger partial charge in [-0.3, -0.25) is 9.59 Å². The van der Waals surface area contributed by atoms with Gasteiger partial charge in [0.15, 0.2) is 0 Å². The zero-order valence-corrected chi connectivity index (χ0v) is 12.6. The molecule has 2 aromatic rings. The molecule has 3 rings (SSSR count). The Morgan fingerprint density at radius 2 is 1.74 bits per heavy atom. The Balaban J connectivity index is 1.59. The van der Waals surface area contributed by atoms with Gasteiger partial charge in [-0.2, -0.15) is 0 Å². The number of nitrogens with zero attached hydrogens (tertiary/aromatic N) is 1. The molecule has 0 spiro atoms. The number of benzene rings is 2. The summed E-state index contributed by atoms with van der Waals surface area (Å²) in [5.41, 5.74) is 1.46. The summed E-state index contributed by atoms with van der Waals surface area (Å²) in [6.45, 7) is 0.822. The highest BCUT2D eigenvalue weighted by molar-refractivity contribution is 5.95. The van der Waals surface area contributed by atoms with Gasteiger partial charge in [-0.1, -0.05) is 36.4 Å². The van der Waals surface area contributed by atoms with Gasteiger partial charge in [-0.25, -0.2) is 0 Å². The predicted molar refractivity (Wildman–Crippen MR) is 87.3 cm³/mol. The molecule has 5 heteroatoms. The van der Waals surface area contributed by atoms with Crippen molar-refractivity contribution >= 4 is 17.5 Å². The maximum absolute atomic E-state index is 12.1. The predicted octanol–water partition coefficient (Wildman–Crippen LogP) is 1.85. The fourth-order valence-corrected chi connectivity index (χ4v) is 2.50. The molecule has 1 unspecified atom stereocenters. The molecule has 1 aliphatic rings. The summed E-state index contributed by atoms with van der Waals surface area (Å²) in [6, 6.07) is 18.5. The van der Waals surface area contributed by atoms with Gasteiger partial charge < -0.3 is 15.0 Å². The minimum atomic E-state index is -0.222. The van der Waals surface area contributed by atoms with Crippen LogP contribution in [0.2, 0.25) is 0 Å². The van der Waals surface area contributed by atoms with E-state index in [0.717, 1.165) is 5.69 Å². The minimum Gasteiger partial charge on any atom is -0.365 e. The number of carbonyl (C=O) groups excluding carboxylic acids is 2. The summed E-state index contributed by atoms with van der Waals surface area (Å²) >= 11 is 0. The highest BCUT2D eigenvalue weighted by Gasteiger charge is 2.27. The average Bonchev–Trinajstić information content (AvgIpc) is 2.62. The number of para-hydroxylation sites is 1. The molecule has 1 saturated heterocycles. The number of hydrogen-bond donors (Lipinski definition) is 1. The fraction of sp³-hybridized carbons (Fsp3) is 0.222. The summed E-state index contributed by atoms with van der Waals surface area (Å²) < 4.78 is 5.52. The van der Waals surface area contributed by atoms with E-state index >= 15 is 0 Å². The molecule has 0 radical (unpaired) electrons. The summed E-state index contributed by atoms with van der Waals surface area (Å²) in [7, 11) is 0. The zero-order valence-electron chi connectivity index (χ0n) is 12.6. The molecule has 118 valence electrons. The first-order valence-corrected chi connectivity index (χ1v) is 7.54. The quantitative estimate of drug-likeness (QED) is 0.937. The van der Waals surface area contributed by atoms with Gasteiger partial charge in [-0.05, 0) is 24.3 Å². The van der Waals surface area contributed by atoms with Crippen molar-refractivity contribution in [1.29, 1.82) is 0 Å². The number of anilines is 1. The minimum absolute atomic E-state index is 0.0285. The van der Waals surface area contributed by atoms with E-state index in [4.69, 9.17) is 4.74 Å². The standard InChI is InChI=1S/C18H18N2O3/c21-17-13-23-16(12-20(17)15-9-5-2-6-10-15)11-19-18(22)14-7-3-1-4-8-14/h1-10,16H,11-13H2,(H,19,22). The SMILES string of the molecule is O=C(NCC1CN(c2ccccc2)C(=O)CO1)c1ccccc1. The van der Waals surface area contributed by atoms with Crippen LogP contribution < -0.4 is 10.2 Å².